The molecule has 0 saturated carbocycles. The van der Waals surface area contributed by atoms with Gasteiger partial charge in [0.1, 0.15) is 6.04 Å². The van der Waals surface area contributed by atoms with Gasteiger partial charge in [0.2, 0.25) is 5.91 Å². The van der Waals surface area contributed by atoms with Gasteiger partial charge in [0.05, 0.1) is 11.6 Å². The van der Waals surface area contributed by atoms with Gasteiger partial charge in [-0.2, -0.15) is 5.26 Å². The highest BCUT2D eigenvalue weighted by atomic mass is 16.2. The lowest BCUT2D eigenvalue weighted by Crippen LogP contribution is -2.44. The zero-order valence-corrected chi connectivity index (χ0v) is 13.3. The number of amides is 2. The minimum Gasteiger partial charge on any atom is -0.368 e. The number of nitrogens with one attached hydrogen (secondary N) is 1. The van der Waals surface area contributed by atoms with E-state index in [1.165, 1.54) is 0 Å². The van der Waals surface area contributed by atoms with E-state index in [1.807, 2.05) is 12.1 Å². The van der Waals surface area contributed by atoms with Crippen molar-refractivity contribution in [3.05, 3.63) is 48.0 Å². The van der Waals surface area contributed by atoms with Crippen LogP contribution in [0.3, 0.4) is 0 Å². The third-order valence-electron chi connectivity index (χ3n) is 3.58. The molecule has 0 fully saturated rings. The molecular weight excluding hydrogens is 290 g/mol. The minimum absolute atomic E-state index is 0.357. The van der Waals surface area contributed by atoms with Crippen LogP contribution in [0.2, 0.25) is 0 Å². The SMILES string of the molecule is C=CCCCCCC[C@@H](NC(=O)c1ccc(C#N)cc1)C(N)=O. The first-order chi connectivity index (χ1) is 11.1. The molecule has 0 aliphatic carbocycles. The Balaban J connectivity index is 2.48. The van der Waals surface area contributed by atoms with Crippen molar-refractivity contribution in [2.45, 2.75) is 44.6 Å². The molecule has 0 heterocycles. The molecule has 122 valence electrons. The van der Waals surface area contributed by atoms with E-state index in [1.54, 1.807) is 24.3 Å². The van der Waals surface area contributed by atoms with Crippen molar-refractivity contribution in [3.8, 4) is 6.07 Å². The number of hydrogen-bond donors (Lipinski definition) is 2. The van der Waals surface area contributed by atoms with E-state index in [9.17, 15) is 9.59 Å². The number of allylic oxidation sites excluding steroid dienone is 1. The van der Waals surface area contributed by atoms with Crippen molar-refractivity contribution < 1.29 is 9.59 Å². The lowest BCUT2D eigenvalue weighted by atomic mass is 10.0. The number of carbonyl (C=O) groups is 2. The maximum atomic E-state index is 12.1. The van der Waals surface area contributed by atoms with Crippen LogP contribution in [0.4, 0.5) is 0 Å². The van der Waals surface area contributed by atoms with Crippen LogP contribution in [0.25, 0.3) is 0 Å². The fourth-order valence-electron chi connectivity index (χ4n) is 2.21. The van der Waals surface area contributed by atoms with Crippen molar-refractivity contribution >= 4 is 11.8 Å². The topological polar surface area (TPSA) is 96.0 Å². The van der Waals surface area contributed by atoms with Gasteiger partial charge in [-0.3, -0.25) is 9.59 Å². The smallest absolute Gasteiger partial charge is 0.251 e. The predicted molar refractivity (Wildman–Crippen MR) is 89.5 cm³/mol. The van der Waals surface area contributed by atoms with Gasteiger partial charge in [-0.1, -0.05) is 25.3 Å². The van der Waals surface area contributed by atoms with E-state index < -0.39 is 11.9 Å². The number of hydrogen-bond acceptors (Lipinski definition) is 3. The molecule has 5 heteroatoms. The highest BCUT2D eigenvalue weighted by Gasteiger charge is 2.18. The fourth-order valence-corrected chi connectivity index (χ4v) is 2.21. The Labute approximate surface area is 137 Å². The molecule has 1 atom stereocenters. The molecule has 0 aliphatic rings. The van der Waals surface area contributed by atoms with E-state index >= 15 is 0 Å². The van der Waals surface area contributed by atoms with Crippen LogP contribution in [0, 0.1) is 11.3 Å². The highest BCUT2D eigenvalue weighted by molar-refractivity contribution is 5.97. The second-order valence-corrected chi connectivity index (χ2v) is 5.40. The fraction of sp³-hybridized carbons (Fsp3) is 0.389. The molecule has 1 aromatic carbocycles. The van der Waals surface area contributed by atoms with Crippen LogP contribution < -0.4 is 11.1 Å². The number of nitrogens with zero attached hydrogens (tertiary/aromatic N) is 1. The van der Waals surface area contributed by atoms with Gasteiger partial charge in [0.25, 0.3) is 5.91 Å². The molecule has 5 nitrogen and oxygen atoms in total. The first kappa shape index (κ1) is 18.4. The lowest BCUT2D eigenvalue weighted by Gasteiger charge is -2.15. The Morgan fingerprint density at radius 3 is 2.43 bits per heavy atom. The molecule has 0 aliphatic heterocycles. The second-order valence-electron chi connectivity index (χ2n) is 5.40. The number of rotatable bonds is 10. The normalized spacial score (nSPS) is 11.3. The van der Waals surface area contributed by atoms with E-state index in [0.717, 1.165) is 32.1 Å². The molecule has 0 aromatic heterocycles. The number of unbranched alkanes of at least 4 members (excludes halogenated alkanes) is 4. The summed E-state index contributed by atoms with van der Waals surface area (Å²) in [4.78, 5) is 23.6. The summed E-state index contributed by atoms with van der Waals surface area (Å²) < 4.78 is 0. The summed E-state index contributed by atoms with van der Waals surface area (Å²) in [6.45, 7) is 3.68. The van der Waals surface area contributed by atoms with Gasteiger partial charge in [-0.25, -0.2) is 0 Å². The van der Waals surface area contributed by atoms with Crippen LogP contribution in [-0.4, -0.2) is 17.9 Å². The van der Waals surface area contributed by atoms with Crippen LogP contribution in [0.5, 0.6) is 0 Å². The van der Waals surface area contributed by atoms with E-state index in [2.05, 4.69) is 11.9 Å². The molecule has 0 radical (unpaired) electrons. The molecule has 2 amide bonds. The zero-order chi connectivity index (χ0) is 17.1. The molecule has 0 unspecified atom stereocenters. The molecule has 23 heavy (non-hydrogen) atoms. The van der Waals surface area contributed by atoms with E-state index in [4.69, 9.17) is 11.0 Å². The molecule has 1 aromatic rings. The molecule has 1 rings (SSSR count). The molecule has 0 bridgehead atoms. The van der Waals surface area contributed by atoms with Crippen molar-refractivity contribution in [1.82, 2.24) is 5.32 Å². The third kappa shape index (κ3) is 6.79. The number of nitrogens with two attached hydrogens (primary N) is 1. The summed E-state index contributed by atoms with van der Waals surface area (Å²) in [6.07, 6.45) is 7.40. The molecule has 3 N–H and O–H groups in total. The van der Waals surface area contributed by atoms with Gasteiger partial charge < -0.3 is 11.1 Å². The number of primary amides is 1. The Hall–Kier alpha value is -2.61. The van der Waals surface area contributed by atoms with Gasteiger partial charge in [-0.05, 0) is 43.5 Å². The standard InChI is InChI=1S/C18H23N3O2/c1-2-3-4-5-6-7-8-16(17(20)22)21-18(23)15-11-9-14(13-19)10-12-15/h2,9-12,16H,1,3-8H2,(H2,20,22)(H,21,23)/t16-/m1/s1. The maximum absolute atomic E-state index is 12.1. The monoisotopic (exact) mass is 313 g/mol. The van der Waals surface area contributed by atoms with Crippen molar-refractivity contribution in [3.63, 3.8) is 0 Å². The van der Waals surface area contributed by atoms with Crippen LogP contribution >= 0.6 is 0 Å². The number of benzene rings is 1. The predicted octanol–water partition coefficient (Wildman–Crippen LogP) is 2.67. The quantitative estimate of drug-likeness (QED) is 0.513. The van der Waals surface area contributed by atoms with Gasteiger partial charge in [-0.15, -0.1) is 6.58 Å². The Kier molecular flexibility index (Phi) is 8.16. The molecule has 0 saturated heterocycles. The zero-order valence-electron chi connectivity index (χ0n) is 13.3. The molecular formula is C18H23N3O2. The van der Waals surface area contributed by atoms with Crippen LogP contribution in [-0.2, 0) is 4.79 Å². The van der Waals surface area contributed by atoms with Gasteiger partial charge in [0, 0.05) is 5.56 Å². The summed E-state index contributed by atoms with van der Waals surface area (Å²) in [5.41, 5.74) is 6.24. The largest absolute Gasteiger partial charge is 0.368 e. The van der Waals surface area contributed by atoms with Crippen molar-refractivity contribution in [2.24, 2.45) is 5.73 Å². The van der Waals surface area contributed by atoms with Gasteiger partial charge in [0.15, 0.2) is 0 Å². The summed E-state index contributed by atoms with van der Waals surface area (Å²) >= 11 is 0. The Bertz CT molecular complexity index is 573. The van der Waals surface area contributed by atoms with Gasteiger partial charge >= 0.3 is 0 Å². The first-order valence-electron chi connectivity index (χ1n) is 7.79. The average molecular weight is 313 g/mol. The van der Waals surface area contributed by atoms with Crippen LogP contribution in [0.1, 0.15) is 54.4 Å². The number of nitriles is 1. The summed E-state index contributed by atoms with van der Waals surface area (Å²) in [5.74, 6) is -0.886. The average Bonchev–Trinajstić information content (AvgIpc) is 2.56. The molecule has 0 spiro atoms. The van der Waals surface area contributed by atoms with Crippen LogP contribution in [0.15, 0.2) is 36.9 Å². The first-order valence-corrected chi connectivity index (χ1v) is 7.79. The number of carbonyl (C=O) groups excluding carboxylic acids is 2. The minimum atomic E-state index is -0.669. The third-order valence-corrected chi connectivity index (χ3v) is 3.58. The summed E-state index contributed by atoms with van der Waals surface area (Å²) in [6, 6.07) is 7.56. The summed E-state index contributed by atoms with van der Waals surface area (Å²) in [5, 5.41) is 11.4. The Morgan fingerprint density at radius 2 is 1.87 bits per heavy atom. The lowest BCUT2D eigenvalue weighted by molar-refractivity contribution is -0.120. The summed E-state index contributed by atoms with van der Waals surface area (Å²) in [7, 11) is 0. The van der Waals surface area contributed by atoms with Crippen molar-refractivity contribution in [1.29, 1.82) is 5.26 Å². The van der Waals surface area contributed by atoms with Crippen molar-refractivity contribution in [2.75, 3.05) is 0 Å². The highest BCUT2D eigenvalue weighted by Crippen LogP contribution is 2.09. The van der Waals surface area contributed by atoms with E-state index in [-0.39, 0.29) is 5.91 Å². The van der Waals surface area contributed by atoms with E-state index in [0.29, 0.717) is 17.5 Å². The maximum Gasteiger partial charge on any atom is 0.251 e. The second kappa shape index (κ2) is 10.2. The Morgan fingerprint density at radius 1 is 1.22 bits per heavy atom.